The van der Waals surface area contributed by atoms with Gasteiger partial charge >= 0.3 is 0 Å². The van der Waals surface area contributed by atoms with Crippen molar-refractivity contribution in [3.05, 3.63) is 0 Å². The van der Waals surface area contributed by atoms with Gasteiger partial charge in [0.2, 0.25) is 0 Å². The van der Waals surface area contributed by atoms with Crippen molar-refractivity contribution in [1.82, 2.24) is 9.80 Å². The molecule has 0 amide bonds. The molecule has 0 saturated carbocycles. The summed E-state index contributed by atoms with van der Waals surface area (Å²) in [6.45, 7) is 21.5. The first-order chi connectivity index (χ1) is 15.4. The number of ketones is 2. The molecule has 2 heterocycles. The summed E-state index contributed by atoms with van der Waals surface area (Å²) in [6.07, 6.45) is 11.3. The first-order valence-electron chi connectivity index (χ1n) is 13.9. The van der Waals surface area contributed by atoms with Gasteiger partial charge in [-0.05, 0) is 76.7 Å². The number of rotatable bonds is 11. The van der Waals surface area contributed by atoms with Gasteiger partial charge < -0.3 is 9.80 Å². The van der Waals surface area contributed by atoms with Crippen molar-refractivity contribution < 1.29 is 9.59 Å². The van der Waals surface area contributed by atoms with Crippen LogP contribution in [0.15, 0.2) is 0 Å². The number of hydrogen-bond donors (Lipinski definition) is 0. The largest absolute Gasteiger partial charge is 0.303 e. The normalized spacial score (nSPS) is 18.5. The minimum atomic E-state index is 0.214. The molecule has 0 N–H and O–H groups in total. The quantitative estimate of drug-likeness (QED) is 0.353. The molecule has 0 spiro atoms. The van der Waals surface area contributed by atoms with E-state index >= 15 is 0 Å². The van der Waals surface area contributed by atoms with Crippen molar-refractivity contribution in [3.8, 4) is 0 Å². The van der Waals surface area contributed by atoms with Crippen LogP contribution in [-0.4, -0.2) is 60.6 Å². The Bertz CT molecular complexity index is 462. The summed E-state index contributed by atoms with van der Waals surface area (Å²) in [5.41, 5.74) is 0. The third kappa shape index (κ3) is 14.4. The van der Waals surface area contributed by atoms with Gasteiger partial charge in [0, 0.05) is 31.7 Å². The Hall–Kier alpha value is -0.740. The number of Topliss-reactive ketones (excluding diaryl/α,β-unsaturated/α-hetero) is 2. The maximum atomic E-state index is 11.5. The maximum Gasteiger partial charge on any atom is 0.135 e. The molecule has 2 aliphatic heterocycles. The zero-order chi connectivity index (χ0) is 24.4. The summed E-state index contributed by atoms with van der Waals surface area (Å²) in [7, 11) is 0. The number of piperidine rings is 2. The topological polar surface area (TPSA) is 40.6 Å². The molecular weight excluding hydrogens is 396 g/mol. The Labute approximate surface area is 200 Å². The van der Waals surface area contributed by atoms with Gasteiger partial charge in [0.25, 0.3) is 0 Å². The Morgan fingerprint density at radius 1 is 0.750 bits per heavy atom. The van der Waals surface area contributed by atoms with Crippen LogP contribution in [0.4, 0.5) is 0 Å². The lowest BCUT2D eigenvalue weighted by molar-refractivity contribution is -0.122. The van der Waals surface area contributed by atoms with Crippen LogP contribution >= 0.6 is 0 Å². The highest BCUT2D eigenvalue weighted by molar-refractivity contribution is 5.80. The molecule has 0 aromatic carbocycles. The third-order valence-electron chi connectivity index (χ3n) is 7.21. The number of carbonyl (C=O) groups excluding carboxylic acids is 2. The number of hydrogen-bond acceptors (Lipinski definition) is 4. The Balaban J connectivity index is 0.000000561. The van der Waals surface area contributed by atoms with E-state index in [1.165, 1.54) is 64.7 Å². The molecule has 2 rings (SSSR count). The molecule has 32 heavy (non-hydrogen) atoms. The highest BCUT2D eigenvalue weighted by atomic mass is 16.1. The summed E-state index contributed by atoms with van der Waals surface area (Å²) in [5, 5.41) is 0. The molecule has 0 unspecified atom stereocenters. The predicted molar refractivity (Wildman–Crippen MR) is 139 cm³/mol. The number of nitrogens with zero attached hydrogens (tertiary/aromatic N) is 2. The van der Waals surface area contributed by atoms with Gasteiger partial charge in [-0.15, -0.1) is 0 Å². The van der Waals surface area contributed by atoms with Gasteiger partial charge in [0.05, 0.1) is 0 Å². The molecule has 2 fully saturated rings. The lowest BCUT2D eigenvalue weighted by Crippen LogP contribution is -2.34. The predicted octanol–water partition coefficient (Wildman–Crippen LogP) is 6.62. The first kappa shape index (κ1) is 31.3. The third-order valence-corrected chi connectivity index (χ3v) is 7.21. The SMILES string of the molecule is CC.CCC(=O)CCN1CCC(CC)CC1.CCC1CCN(CCCC(=O)C(C)C)CC1. The molecule has 190 valence electrons. The maximum absolute atomic E-state index is 11.5. The van der Waals surface area contributed by atoms with Gasteiger partial charge in [0.1, 0.15) is 11.6 Å². The number of carbonyl (C=O) groups is 2. The Morgan fingerprint density at radius 3 is 1.56 bits per heavy atom. The second-order valence-electron chi connectivity index (χ2n) is 9.75. The summed E-state index contributed by atoms with van der Waals surface area (Å²) < 4.78 is 0. The summed E-state index contributed by atoms with van der Waals surface area (Å²) in [6, 6.07) is 0. The zero-order valence-electron chi connectivity index (χ0n) is 22.8. The lowest BCUT2D eigenvalue weighted by atomic mass is 9.94. The molecule has 2 saturated heterocycles. The highest BCUT2D eigenvalue weighted by Gasteiger charge is 2.18. The summed E-state index contributed by atoms with van der Waals surface area (Å²) in [5.74, 6) is 2.93. The van der Waals surface area contributed by atoms with E-state index in [0.717, 1.165) is 44.2 Å². The smallest absolute Gasteiger partial charge is 0.135 e. The Morgan fingerprint density at radius 2 is 1.19 bits per heavy atom. The van der Waals surface area contributed by atoms with Gasteiger partial charge in [-0.1, -0.05) is 61.3 Å². The second kappa shape index (κ2) is 19.7. The van der Waals surface area contributed by atoms with E-state index < -0.39 is 0 Å². The van der Waals surface area contributed by atoms with Crippen LogP contribution in [0, 0.1) is 17.8 Å². The zero-order valence-corrected chi connectivity index (χ0v) is 22.8. The fourth-order valence-electron chi connectivity index (χ4n) is 4.46. The molecule has 0 aromatic heterocycles. The minimum Gasteiger partial charge on any atom is -0.303 e. The standard InChI is InChI=1S/C14H27NO.C12H23NO.C2H6/c1-4-13-7-10-15(11-8-13)9-5-6-14(16)12(2)3;1-3-11-5-8-13(9-6-11)10-7-12(14)4-2;1-2/h12-13H,4-11H2,1-3H3;11H,3-10H2,1-2H3;1-2H3. The summed E-state index contributed by atoms with van der Waals surface area (Å²) >= 11 is 0. The van der Waals surface area contributed by atoms with Gasteiger partial charge in [0.15, 0.2) is 0 Å². The minimum absolute atomic E-state index is 0.214. The van der Waals surface area contributed by atoms with E-state index in [-0.39, 0.29) is 5.92 Å². The van der Waals surface area contributed by atoms with Crippen LogP contribution in [0.5, 0.6) is 0 Å². The van der Waals surface area contributed by atoms with E-state index in [2.05, 4.69) is 23.6 Å². The lowest BCUT2D eigenvalue weighted by Gasteiger charge is -2.31. The van der Waals surface area contributed by atoms with Crippen LogP contribution in [0.1, 0.15) is 113 Å². The van der Waals surface area contributed by atoms with Gasteiger partial charge in [-0.2, -0.15) is 0 Å². The fraction of sp³-hybridized carbons (Fsp3) is 0.929. The van der Waals surface area contributed by atoms with Crippen LogP contribution in [0.2, 0.25) is 0 Å². The van der Waals surface area contributed by atoms with Crippen molar-refractivity contribution in [2.45, 2.75) is 113 Å². The molecule has 0 bridgehead atoms. The molecule has 2 aliphatic rings. The molecule has 0 atom stereocenters. The van der Waals surface area contributed by atoms with E-state index in [4.69, 9.17) is 0 Å². The summed E-state index contributed by atoms with van der Waals surface area (Å²) in [4.78, 5) is 27.6. The van der Waals surface area contributed by atoms with Crippen molar-refractivity contribution in [2.75, 3.05) is 39.3 Å². The number of likely N-dealkylation sites (tertiary alicyclic amines) is 2. The van der Waals surface area contributed by atoms with Crippen molar-refractivity contribution >= 4 is 11.6 Å². The fourth-order valence-corrected chi connectivity index (χ4v) is 4.46. The molecular formula is C28H56N2O2. The average Bonchev–Trinajstić information content (AvgIpc) is 2.84. The molecule has 0 aliphatic carbocycles. The Kier molecular flexibility index (Phi) is 19.2. The van der Waals surface area contributed by atoms with Crippen LogP contribution in [0.25, 0.3) is 0 Å². The van der Waals surface area contributed by atoms with Crippen molar-refractivity contribution in [3.63, 3.8) is 0 Å². The van der Waals surface area contributed by atoms with E-state index in [1.54, 1.807) is 0 Å². The van der Waals surface area contributed by atoms with Crippen molar-refractivity contribution in [2.24, 2.45) is 17.8 Å². The van der Waals surface area contributed by atoms with E-state index in [1.807, 2.05) is 34.6 Å². The van der Waals surface area contributed by atoms with E-state index in [9.17, 15) is 9.59 Å². The second-order valence-corrected chi connectivity index (χ2v) is 9.75. The molecule has 0 aromatic rings. The van der Waals surface area contributed by atoms with Gasteiger partial charge in [-0.3, -0.25) is 9.59 Å². The molecule has 4 heteroatoms. The first-order valence-corrected chi connectivity index (χ1v) is 13.9. The van der Waals surface area contributed by atoms with Crippen LogP contribution < -0.4 is 0 Å². The van der Waals surface area contributed by atoms with Gasteiger partial charge in [-0.25, -0.2) is 0 Å². The molecule has 4 nitrogen and oxygen atoms in total. The monoisotopic (exact) mass is 452 g/mol. The van der Waals surface area contributed by atoms with E-state index in [0.29, 0.717) is 18.0 Å². The molecule has 0 radical (unpaired) electrons. The van der Waals surface area contributed by atoms with Crippen LogP contribution in [-0.2, 0) is 9.59 Å². The highest BCUT2D eigenvalue weighted by Crippen LogP contribution is 2.21. The average molecular weight is 453 g/mol. The van der Waals surface area contributed by atoms with Crippen LogP contribution in [0.3, 0.4) is 0 Å². The van der Waals surface area contributed by atoms with Crippen molar-refractivity contribution in [1.29, 1.82) is 0 Å².